The van der Waals surface area contributed by atoms with Gasteiger partial charge in [0.15, 0.2) is 11.8 Å². The molecule has 1 atom stereocenters. The van der Waals surface area contributed by atoms with Gasteiger partial charge in [0.1, 0.15) is 11.5 Å². The first-order valence-corrected chi connectivity index (χ1v) is 10.5. The number of benzene rings is 2. The lowest BCUT2D eigenvalue weighted by molar-refractivity contribution is -0.253. The summed E-state index contributed by atoms with van der Waals surface area (Å²) in [6.07, 6.45) is -7.83. The fraction of sp³-hybridized carbons (Fsp3) is 0.333. The van der Waals surface area contributed by atoms with Crippen molar-refractivity contribution < 1.29 is 31.8 Å². The van der Waals surface area contributed by atoms with Crippen LogP contribution in [0, 0.1) is 0 Å². The summed E-state index contributed by atoms with van der Waals surface area (Å²) < 4.78 is 60.2. The predicted molar refractivity (Wildman–Crippen MR) is 115 cm³/mol. The second kappa shape index (κ2) is 9.68. The topological polar surface area (TPSA) is 85.9 Å². The quantitative estimate of drug-likeness (QED) is 0.550. The number of ether oxygens (including phenoxy) is 2. The van der Waals surface area contributed by atoms with Crippen LogP contribution in [0.4, 0.5) is 23.2 Å². The molecule has 0 aromatic heterocycles. The van der Waals surface area contributed by atoms with Crippen molar-refractivity contribution in [2.45, 2.75) is 31.4 Å². The molecule has 11 heteroatoms. The van der Waals surface area contributed by atoms with E-state index >= 15 is 0 Å². The minimum atomic E-state index is -4.64. The van der Waals surface area contributed by atoms with E-state index in [2.05, 4.69) is 15.0 Å². The van der Waals surface area contributed by atoms with E-state index in [1.807, 2.05) is 13.0 Å². The minimum absolute atomic E-state index is 0.0898. The maximum atomic E-state index is 13.1. The second-order valence-electron chi connectivity index (χ2n) is 7.18. The van der Waals surface area contributed by atoms with E-state index in [1.165, 1.54) is 23.9 Å². The average molecular weight is 471 g/mol. The highest BCUT2D eigenvalue weighted by molar-refractivity contribution is 8.13. The van der Waals surface area contributed by atoms with Crippen LogP contribution in [-0.2, 0) is 10.3 Å². The molecule has 1 amide bonds. The van der Waals surface area contributed by atoms with E-state index in [0.717, 1.165) is 29.9 Å². The average Bonchev–Trinajstić information content (AvgIpc) is 2.72. The smallest absolute Gasteiger partial charge is 0.461 e. The molecule has 1 aliphatic rings. The Bertz CT molecular complexity index is 1010. The van der Waals surface area contributed by atoms with Crippen molar-refractivity contribution in [1.82, 2.24) is 0 Å². The van der Waals surface area contributed by atoms with E-state index < -0.39 is 29.7 Å². The first-order chi connectivity index (χ1) is 15.1. The molecule has 0 saturated carbocycles. The normalized spacial score (nSPS) is 18.8. The molecule has 0 bridgehead atoms. The zero-order chi connectivity index (χ0) is 23.4. The zero-order valence-corrected chi connectivity index (χ0v) is 17.8. The summed E-state index contributed by atoms with van der Waals surface area (Å²) >= 11 is 1.50. The van der Waals surface area contributed by atoms with E-state index in [4.69, 9.17) is 10.5 Å². The molecule has 0 fully saturated rings. The number of nitrogens with two attached hydrogens (primary N) is 1. The largest absolute Gasteiger partial charge is 0.484 e. The summed E-state index contributed by atoms with van der Waals surface area (Å²) in [6, 6.07) is 11.9. The molecular weight excluding hydrogens is 450 g/mol. The van der Waals surface area contributed by atoms with E-state index in [1.54, 1.807) is 18.2 Å². The summed E-state index contributed by atoms with van der Waals surface area (Å²) in [5, 5.41) is 2.96. The number of amides is 1. The molecule has 2 aromatic rings. The predicted octanol–water partition coefficient (Wildman–Crippen LogP) is 4.61. The van der Waals surface area contributed by atoms with Gasteiger partial charge in [-0.25, -0.2) is 0 Å². The molecule has 1 heterocycles. The number of carbonyl (C=O) groups is 1. The third-order valence-corrected chi connectivity index (χ3v) is 5.44. The summed E-state index contributed by atoms with van der Waals surface area (Å²) in [6.45, 7) is 1.61. The third-order valence-electron chi connectivity index (χ3n) is 4.65. The second-order valence-corrected chi connectivity index (χ2v) is 8.29. The fourth-order valence-electron chi connectivity index (χ4n) is 3.00. The fourth-order valence-corrected chi connectivity index (χ4v) is 3.98. The number of halogens is 4. The molecule has 0 saturated heterocycles. The summed E-state index contributed by atoms with van der Waals surface area (Å²) in [4.78, 5) is 16.7. The lowest BCUT2D eigenvalue weighted by Crippen LogP contribution is -2.33. The lowest BCUT2D eigenvalue weighted by atomic mass is 9.90. The van der Waals surface area contributed by atoms with Crippen molar-refractivity contribution in [3.8, 4) is 11.5 Å². The first kappa shape index (κ1) is 23.7. The van der Waals surface area contributed by atoms with Crippen LogP contribution in [0.3, 0.4) is 0 Å². The van der Waals surface area contributed by atoms with Crippen LogP contribution < -0.4 is 20.5 Å². The molecule has 32 heavy (non-hydrogen) atoms. The highest BCUT2D eigenvalue weighted by Gasteiger charge is 2.44. The molecule has 2 aromatic carbocycles. The van der Waals surface area contributed by atoms with Gasteiger partial charge in [-0.2, -0.15) is 17.6 Å². The Morgan fingerprint density at radius 2 is 1.97 bits per heavy atom. The molecule has 172 valence electrons. The molecular formula is C21H21F4N3O3S. The lowest BCUT2D eigenvalue weighted by Gasteiger charge is -2.30. The molecule has 3 rings (SSSR count). The monoisotopic (exact) mass is 471 g/mol. The highest BCUT2D eigenvalue weighted by atomic mass is 32.2. The molecule has 0 spiro atoms. The van der Waals surface area contributed by atoms with Crippen LogP contribution >= 0.6 is 11.8 Å². The van der Waals surface area contributed by atoms with Gasteiger partial charge in [0.25, 0.3) is 5.91 Å². The van der Waals surface area contributed by atoms with Crippen LogP contribution in [0.5, 0.6) is 11.5 Å². The van der Waals surface area contributed by atoms with Crippen molar-refractivity contribution in [3.63, 3.8) is 0 Å². The Hall–Kier alpha value is -2.95. The molecule has 0 radical (unpaired) electrons. The molecule has 0 aliphatic carbocycles. The van der Waals surface area contributed by atoms with Gasteiger partial charge in [0.05, 0.1) is 5.54 Å². The van der Waals surface area contributed by atoms with Gasteiger partial charge in [-0.1, -0.05) is 30.0 Å². The Morgan fingerprint density at radius 3 is 2.69 bits per heavy atom. The van der Waals surface area contributed by atoms with E-state index in [0.29, 0.717) is 10.9 Å². The van der Waals surface area contributed by atoms with Crippen molar-refractivity contribution in [3.05, 3.63) is 54.1 Å². The molecule has 6 nitrogen and oxygen atoms in total. The molecule has 1 unspecified atom stereocenters. The van der Waals surface area contributed by atoms with Crippen molar-refractivity contribution in [2.75, 3.05) is 17.7 Å². The number of nitrogens with one attached hydrogen (secondary N) is 1. The third kappa shape index (κ3) is 6.06. The Kier molecular flexibility index (Phi) is 7.17. The first-order valence-electron chi connectivity index (χ1n) is 9.54. The number of thioether (sulfide) groups is 1. The number of rotatable bonds is 8. The number of hydrogen-bond donors (Lipinski definition) is 2. The number of nitrogens with zero attached hydrogens (tertiary/aromatic N) is 1. The van der Waals surface area contributed by atoms with Crippen LogP contribution in [-0.4, -0.2) is 36.0 Å². The van der Waals surface area contributed by atoms with Crippen LogP contribution in [0.1, 0.15) is 18.9 Å². The molecule has 1 aliphatic heterocycles. The maximum absolute atomic E-state index is 13.1. The highest BCUT2D eigenvalue weighted by Crippen LogP contribution is 2.36. The Labute approximate surface area is 186 Å². The number of aliphatic imine (C=N–C) groups is 1. The van der Waals surface area contributed by atoms with E-state index in [-0.39, 0.29) is 12.3 Å². The number of anilines is 1. The van der Waals surface area contributed by atoms with Crippen molar-refractivity contribution >= 4 is 28.5 Å². The van der Waals surface area contributed by atoms with E-state index in [9.17, 15) is 22.4 Å². The van der Waals surface area contributed by atoms with Gasteiger partial charge < -0.3 is 20.5 Å². The summed E-state index contributed by atoms with van der Waals surface area (Å²) in [5.41, 5.74) is 6.35. The minimum Gasteiger partial charge on any atom is -0.484 e. The zero-order valence-electron chi connectivity index (χ0n) is 17.0. The summed E-state index contributed by atoms with van der Waals surface area (Å²) in [7, 11) is 0. The van der Waals surface area contributed by atoms with Gasteiger partial charge in [-0.3, -0.25) is 9.79 Å². The summed E-state index contributed by atoms with van der Waals surface area (Å²) in [5.74, 6) is 0.196. The van der Waals surface area contributed by atoms with Gasteiger partial charge in [-0.05, 0) is 43.2 Å². The number of amidine groups is 1. The van der Waals surface area contributed by atoms with Crippen LogP contribution in [0.25, 0.3) is 0 Å². The number of hydrogen-bond acceptors (Lipinski definition) is 6. The number of alkyl halides is 4. The van der Waals surface area contributed by atoms with Gasteiger partial charge in [-0.15, -0.1) is 0 Å². The van der Waals surface area contributed by atoms with Crippen LogP contribution in [0.15, 0.2) is 53.5 Å². The van der Waals surface area contributed by atoms with Gasteiger partial charge in [0.2, 0.25) is 0 Å². The number of carbonyl (C=O) groups excluding carboxylic acids is 1. The maximum Gasteiger partial charge on any atom is 0.461 e. The molecule has 3 N–H and O–H groups in total. The van der Waals surface area contributed by atoms with Gasteiger partial charge in [0, 0.05) is 17.5 Å². The van der Waals surface area contributed by atoms with Crippen LogP contribution in [0.2, 0.25) is 0 Å². The van der Waals surface area contributed by atoms with Crippen molar-refractivity contribution in [2.24, 2.45) is 10.7 Å². The Balaban J connectivity index is 1.60. The van der Waals surface area contributed by atoms with Gasteiger partial charge >= 0.3 is 12.5 Å². The standard InChI is InChI=1S/C21H21F4N3O3S/c1-20(8-9-32-19(26)28-20)13-4-2-6-15(10-13)30-12-17(29)27-14-5-3-7-16(11-14)31-21(24,25)18(22)23/h2-7,10-11,18H,8-9,12H2,1H3,(H2,26,28)(H,27,29). The van der Waals surface area contributed by atoms with Crippen molar-refractivity contribution in [1.29, 1.82) is 0 Å². The Morgan fingerprint density at radius 1 is 1.25 bits per heavy atom. The SMILES string of the molecule is CC1(c2cccc(OCC(=O)Nc3cccc(OC(F)(F)C(F)F)c3)c2)CCSC(N)=N1.